The van der Waals surface area contributed by atoms with Gasteiger partial charge in [-0.3, -0.25) is 20.4 Å². The van der Waals surface area contributed by atoms with Crippen molar-refractivity contribution in [3.05, 3.63) is 59.9 Å². The van der Waals surface area contributed by atoms with Crippen LogP contribution in [-0.4, -0.2) is 31.8 Å². The summed E-state index contributed by atoms with van der Waals surface area (Å²) in [6.07, 6.45) is 2.79. The number of ether oxygens (including phenoxy) is 2. The van der Waals surface area contributed by atoms with Crippen molar-refractivity contribution >= 4 is 29.7 Å². The van der Waals surface area contributed by atoms with Crippen LogP contribution in [0.4, 0.5) is 4.39 Å². The predicted octanol–water partition coefficient (Wildman–Crippen LogP) is 2.80. The first-order valence-electron chi connectivity index (χ1n) is 7.90. The van der Waals surface area contributed by atoms with Crippen molar-refractivity contribution in [3.8, 4) is 11.5 Å². The monoisotopic (exact) mass is 390 g/mol. The van der Waals surface area contributed by atoms with E-state index in [2.05, 4.69) is 10.9 Å². The molecule has 2 aromatic rings. The normalized spacial score (nSPS) is 10.5. The van der Waals surface area contributed by atoms with Gasteiger partial charge < -0.3 is 9.47 Å². The third-order valence-corrected chi connectivity index (χ3v) is 4.42. The molecular formula is C19H19FN2O4S. The molecule has 0 radical (unpaired) electrons. The molecule has 142 valence electrons. The fourth-order valence-corrected chi connectivity index (χ4v) is 2.86. The third-order valence-electron chi connectivity index (χ3n) is 3.37. The van der Waals surface area contributed by atoms with Crippen molar-refractivity contribution in [2.75, 3.05) is 20.0 Å². The van der Waals surface area contributed by atoms with E-state index < -0.39 is 17.6 Å². The van der Waals surface area contributed by atoms with Crippen molar-refractivity contribution in [1.82, 2.24) is 10.9 Å². The summed E-state index contributed by atoms with van der Waals surface area (Å²) in [5.74, 6) is -0.371. The molecule has 6 nitrogen and oxygen atoms in total. The molecule has 0 aliphatic carbocycles. The Hall–Kier alpha value is -3.00. The second-order valence-electron chi connectivity index (χ2n) is 5.17. The Morgan fingerprint density at radius 1 is 1.07 bits per heavy atom. The number of hydrogen-bond acceptors (Lipinski definition) is 5. The molecule has 2 rings (SSSR count). The van der Waals surface area contributed by atoms with Crippen LogP contribution in [0, 0.1) is 5.82 Å². The summed E-state index contributed by atoms with van der Waals surface area (Å²) in [7, 11) is 3.02. The van der Waals surface area contributed by atoms with E-state index >= 15 is 0 Å². The highest BCUT2D eigenvalue weighted by molar-refractivity contribution is 8.00. The molecule has 2 amide bonds. The van der Waals surface area contributed by atoms with Gasteiger partial charge in [0, 0.05) is 16.5 Å². The van der Waals surface area contributed by atoms with Crippen molar-refractivity contribution in [3.63, 3.8) is 0 Å². The molecule has 0 fully saturated rings. The second kappa shape index (κ2) is 10.2. The van der Waals surface area contributed by atoms with Gasteiger partial charge in [-0.2, -0.15) is 0 Å². The van der Waals surface area contributed by atoms with E-state index in [4.69, 9.17) is 9.47 Å². The topological polar surface area (TPSA) is 76.7 Å². The predicted molar refractivity (Wildman–Crippen MR) is 102 cm³/mol. The standard InChI is InChI=1S/C19H19FN2O4S/c1-25-15-8-5-6-13(19(15)26-2)10-11-17(23)21-22-18(24)12-27-16-9-4-3-7-14(16)20/h3-11H,12H2,1-2H3,(H,21,23)(H,22,24)/b11-10+. The molecule has 0 aliphatic rings. The SMILES string of the molecule is COc1cccc(/C=C/C(=O)NNC(=O)CSc2ccccc2F)c1OC. The Balaban J connectivity index is 1.84. The van der Waals surface area contributed by atoms with Crippen LogP contribution in [0.5, 0.6) is 11.5 Å². The van der Waals surface area contributed by atoms with Gasteiger partial charge in [-0.25, -0.2) is 4.39 Å². The van der Waals surface area contributed by atoms with Crippen LogP contribution in [0.2, 0.25) is 0 Å². The molecule has 0 aromatic heterocycles. The van der Waals surface area contributed by atoms with Crippen molar-refractivity contribution in [1.29, 1.82) is 0 Å². The highest BCUT2D eigenvalue weighted by atomic mass is 32.2. The number of hydrazine groups is 1. The van der Waals surface area contributed by atoms with Gasteiger partial charge in [0.1, 0.15) is 5.82 Å². The molecule has 27 heavy (non-hydrogen) atoms. The summed E-state index contributed by atoms with van der Waals surface area (Å²) in [4.78, 5) is 24.0. The minimum atomic E-state index is -0.524. The van der Waals surface area contributed by atoms with Gasteiger partial charge in [0.05, 0.1) is 20.0 Å². The number of halogens is 1. The molecule has 2 aromatic carbocycles. The van der Waals surface area contributed by atoms with E-state index in [1.165, 1.54) is 32.4 Å². The van der Waals surface area contributed by atoms with Gasteiger partial charge in [-0.05, 0) is 24.3 Å². The summed E-state index contributed by atoms with van der Waals surface area (Å²) in [6, 6.07) is 11.4. The smallest absolute Gasteiger partial charge is 0.262 e. The third kappa shape index (κ3) is 6.03. The number of hydrogen-bond donors (Lipinski definition) is 2. The zero-order valence-corrected chi connectivity index (χ0v) is 15.6. The highest BCUT2D eigenvalue weighted by Crippen LogP contribution is 2.31. The van der Waals surface area contributed by atoms with Crippen LogP contribution in [-0.2, 0) is 9.59 Å². The summed E-state index contributed by atoms with van der Waals surface area (Å²) in [5, 5.41) is 0. The lowest BCUT2D eigenvalue weighted by Crippen LogP contribution is -2.41. The van der Waals surface area contributed by atoms with E-state index in [0.717, 1.165) is 11.8 Å². The number of para-hydroxylation sites is 1. The Morgan fingerprint density at radius 3 is 2.56 bits per heavy atom. The van der Waals surface area contributed by atoms with Crippen LogP contribution in [0.1, 0.15) is 5.56 Å². The largest absolute Gasteiger partial charge is 0.493 e. The Morgan fingerprint density at radius 2 is 1.85 bits per heavy atom. The summed E-state index contributed by atoms with van der Waals surface area (Å²) >= 11 is 1.04. The van der Waals surface area contributed by atoms with Crippen LogP contribution < -0.4 is 20.3 Å². The van der Waals surface area contributed by atoms with Gasteiger partial charge in [-0.1, -0.05) is 24.3 Å². The molecule has 0 atom stereocenters. The highest BCUT2D eigenvalue weighted by Gasteiger charge is 2.09. The molecular weight excluding hydrogens is 371 g/mol. The average Bonchev–Trinajstić information content (AvgIpc) is 2.69. The zero-order chi connectivity index (χ0) is 19.6. The fourth-order valence-electron chi connectivity index (χ4n) is 2.12. The zero-order valence-electron chi connectivity index (χ0n) is 14.8. The van der Waals surface area contributed by atoms with Gasteiger partial charge >= 0.3 is 0 Å². The molecule has 0 unspecified atom stereocenters. The first kappa shape index (κ1) is 20.3. The lowest BCUT2D eigenvalue weighted by atomic mass is 10.1. The number of methoxy groups -OCH3 is 2. The molecule has 2 N–H and O–H groups in total. The number of rotatable bonds is 7. The van der Waals surface area contributed by atoms with E-state index in [0.29, 0.717) is 22.0 Å². The number of benzene rings is 2. The van der Waals surface area contributed by atoms with E-state index in [-0.39, 0.29) is 5.75 Å². The average molecular weight is 390 g/mol. The molecule has 0 aliphatic heterocycles. The van der Waals surface area contributed by atoms with E-state index in [1.807, 2.05) is 0 Å². The first-order valence-corrected chi connectivity index (χ1v) is 8.89. The second-order valence-corrected chi connectivity index (χ2v) is 6.19. The maximum Gasteiger partial charge on any atom is 0.262 e. The number of nitrogens with one attached hydrogen (secondary N) is 2. The summed E-state index contributed by atoms with van der Waals surface area (Å²) < 4.78 is 23.9. The summed E-state index contributed by atoms with van der Waals surface area (Å²) in [5.41, 5.74) is 5.18. The maximum atomic E-state index is 13.5. The first-order chi connectivity index (χ1) is 13.0. The molecule has 0 saturated carbocycles. The van der Waals surface area contributed by atoms with Gasteiger partial charge in [0.2, 0.25) is 5.91 Å². The van der Waals surface area contributed by atoms with E-state index in [9.17, 15) is 14.0 Å². The Kier molecular flexibility index (Phi) is 7.69. The summed E-state index contributed by atoms with van der Waals surface area (Å²) in [6.45, 7) is 0. The molecule has 0 saturated heterocycles. The number of thioether (sulfide) groups is 1. The number of amides is 2. The van der Waals surface area contributed by atoms with Gasteiger partial charge in [0.25, 0.3) is 5.91 Å². The lowest BCUT2D eigenvalue weighted by molar-refractivity contribution is -0.125. The van der Waals surface area contributed by atoms with Crippen molar-refractivity contribution < 1.29 is 23.5 Å². The molecule has 8 heteroatoms. The fraction of sp³-hybridized carbons (Fsp3) is 0.158. The quantitative estimate of drug-likeness (QED) is 0.432. The van der Waals surface area contributed by atoms with Gasteiger partial charge in [-0.15, -0.1) is 11.8 Å². The van der Waals surface area contributed by atoms with Crippen LogP contribution in [0.15, 0.2) is 53.4 Å². The molecule has 0 bridgehead atoms. The Bertz CT molecular complexity index is 842. The lowest BCUT2D eigenvalue weighted by Gasteiger charge is -2.10. The minimum absolute atomic E-state index is 0.0331. The number of carbonyl (C=O) groups is 2. The van der Waals surface area contributed by atoms with Crippen molar-refractivity contribution in [2.24, 2.45) is 0 Å². The van der Waals surface area contributed by atoms with Crippen LogP contribution in [0.25, 0.3) is 6.08 Å². The minimum Gasteiger partial charge on any atom is -0.493 e. The maximum absolute atomic E-state index is 13.5. The van der Waals surface area contributed by atoms with Gasteiger partial charge in [0.15, 0.2) is 11.5 Å². The van der Waals surface area contributed by atoms with Crippen LogP contribution in [0.3, 0.4) is 0 Å². The Labute approximate surface area is 160 Å². The molecule has 0 spiro atoms. The van der Waals surface area contributed by atoms with Crippen molar-refractivity contribution in [2.45, 2.75) is 4.90 Å². The number of carbonyl (C=O) groups excluding carboxylic acids is 2. The van der Waals surface area contributed by atoms with E-state index in [1.54, 1.807) is 36.4 Å². The van der Waals surface area contributed by atoms with Crippen LogP contribution >= 0.6 is 11.8 Å². The molecule has 0 heterocycles.